The standard InChI is InChI=1S/C15H12N2O2/c1-19-10-2-3-11-12(8-10)15-13-9(5-7-17(15)18)4-6-16-14(11)13/h2-8,15,17H,1H3. The quantitative estimate of drug-likeness (QED) is 0.783. The number of pyridine rings is 1. The van der Waals surface area contributed by atoms with E-state index in [9.17, 15) is 5.21 Å². The van der Waals surface area contributed by atoms with E-state index >= 15 is 0 Å². The number of methoxy groups -OCH3 is 1. The van der Waals surface area contributed by atoms with Crippen LogP contribution in [0.2, 0.25) is 0 Å². The van der Waals surface area contributed by atoms with E-state index in [1.807, 2.05) is 30.3 Å². The summed E-state index contributed by atoms with van der Waals surface area (Å²) < 4.78 is 5.26. The second-order valence-electron chi connectivity index (χ2n) is 4.78. The summed E-state index contributed by atoms with van der Waals surface area (Å²) in [5.74, 6) is 0.774. The minimum absolute atomic E-state index is 0.119. The van der Waals surface area contributed by atoms with Crippen LogP contribution in [-0.2, 0) is 0 Å². The Morgan fingerprint density at radius 3 is 3.05 bits per heavy atom. The first kappa shape index (κ1) is 10.7. The van der Waals surface area contributed by atoms with Crippen molar-refractivity contribution in [1.29, 1.82) is 0 Å². The Morgan fingerprint density at radius 2 is 2.21 bits per heavy atom. The van der Waals surface area contributed by atoms with Crippen molar-refractivity contribution in [3.63, 3.8) is 0 Å². The lowest BCUT2D eigenvalue weighted by atomic mass is 9.99. The van der Waals surface area contributed by atoms with Gasteiger partial charge in [-0.25, -0.2) is 0 Å². The van der Waals surface area contributed by atoms with Crippen LogP contribution in [0.5, 0.6) is 5.75 Å². The van der Waals surface area contributed by atoms with Gasteiger partial charge in [-0.05, 0) is 35.9 Å². The lowest BCUT2D eigenvalue weighted by molar-refractivity contribution is -0.820. The minimum atomic E-state index is -0.214. The van der Waals surface area contributed by atoms with Crippen LogP contribution in [0.15, 0.2) is 36.7 Å². The lowest BCUT2D eigenvalue weighted by Gasteiger charge is -2.29. The topological polar surface area (TPSA) is 49.6 Å². The van der Waals surface area contributed by atoms with Crippen LogP contribution in [0.4, 0.5) is 0 Å². The van der Waals surface area contributed by atoms with Crippen LogP contribution in [0.25, 0.3) is 17.3 Å². The van der Waals surface area contributed by atoms with Crippen molar-refractivity contribution in [3.8, 4) is 17.0 Å². The Kier molecular flexibility index (Phi) is 2.07. The van der Waals surface area contributed by atoms with E-state index in [2.05, 4.69) is 4.98 Å². The third-order valence-corrected chi connectivity index (χ3v) is 3.85. The van der Waals surface area contributed by atoms with Crippen molar-refractivity contribution < 1.29 is 9.80 Å². The Labute approximate surface area is 110 Å². The summed E-state index contributed by atoms with van der Waals surface area (Å²) in [5, 5.41) is 12.3. The van der Waals surface area contributed by atoms with Gasteiger partial charge < -0.3 is 15.0 Å². The third kappa shape index (κ3) is 1.32. The zero-order valence-electron chi connectivity index (χ0n) is 10.4. The lowest BCUT2D eigenvalue weighted by Crippen LogP contribution is -3.03. The molecule has 2 unspecified atom stereocenters. The number of ether oxygens (including phenoxy) is 1. The smallest absolute Gasteiger partial charge is 0.146 e. The Hall–Kier alpha value is -2.17. The molecule has 1 aliphatic carbocycles. The summed E-state index contributed by atoms with van der Waals surface area (Å²) in [6.45, 7) is 0. The van der Waals surface area contributed by atoms with E-state index in [0.717, 1.165) is 33.7 Å². The summed E-state index contributed by atoms with van der Waals surface area (Å²) in [4.78, 5) is 4.46. The predicted octanol–water partition coefficient (Wildman–Crippen LogP) is 1.53. The number of benzene rings is 1. The zero-order valence-corrected chi connectivity index (χ0v) is 10.4. The van der Waals surface area contributed by atoms with Crippen LogP contribution in [0, 0.1) is 5.21 Å². The van der Waals surface area contributed by atoms with Crippen molar-refractivity contribution in [1.82, 2.24) is 4.98 Å². The number of aromatic nitrogens is 1. The fourth-order valence-corrected chi connectivity index (χ4v) is 2.99. The van der Waals surface area contributed by atoms with Crippen LogP contribution in [0.3, 0.4) is 0 Å². The summed E-state index contributed by atoms with van der Waals surface area (Å²) >= 11 is 0. The van der Waals surface area contributed by atoms with Gasteiger partial charge in [0.1, 0.15) is 11.8 Å². The van der Waals surface area contributed by atoms with Gasteiger partial charge in [-0.15, -0.1) is 0 Å². The van der Waals surface area contributed by atoms with Crippen molar-refractivity contribution in [3.05, 3.63) is 58.6 Å². The van der Waals surface area contributed by atoms with Gasteiger partial charge in [0.2, 0.25) is 0 Å². The molecule has 2 aliphatic rings. The molecule has 0 spiro atoms. The summed E-state index contributed by atoms with van der Waals surface area (Å²) in [5.41, 5.74) is 5.10. The highest BCUT2D eigenvalue weighted by Crippen LogP contribution is 2.44. The molecule has 0 radical (unpaired) electrons. The van der Waals surface area contributed by atoms with E-state index < -0.39 is 0 Å². The molecular formula is C15H12N2O2. The number of hydrogen-bond acceptors (Lipinski definition) is 3. The second kappa shape index (κ2) is 3.66. The van der Waals surface area contributed by atoms with Crippen molar-refractivity contribution >= 4 is 6.08 Å². The molecular weight excluding hydrogens is 240 g/mol. The fraction of sp³-hybridized carbons (Fsp3) is 0.133. The molecule has 4 nitrogen and oxygen atoms in total. The predicted molar refractivity (Wildman–Crippen MR) is 71.4 cm³/mol. The van der Waals surface area contributed by atoms with E-state index in [1.165, 1.54) is 0 Å². The van der Waals surface area contributed by atoms with Crippen molar-refractivity contribution in [2.45, 2.75) is 6.04 Å². The number of rotatable bonds is 1. The van der Waals surface area contributed by atoms with E-state index in [-0.39, 0.29) is 11.1 Å². The maximum atomic E-state index is 12.2. The largest absolute Gasteiger partial charge is 0.629 e. The molecule has 2 atom stereocenters. The molecule has 1 aromatic heterocycles. The first-order valence-corrected chi connectivity index (χ1v) is 6.19. The normalized spacial score (nSPS) is 22.0. The van der Waals surface area contributed by atoms with Gasteiger partial charge in [-0.3, -0.25) is 4.98 Å². The highest BCUT2D eigenvalue weighted by atomic mass is 16.5. The number of nitrogens with one attached hydrogen (secondary N) is 1. The molecule has 19 heavy (non-hydrogen) atoms. The highest BCUT2D eigenvalue weighted by Gasteiger charge is 2.37. The van der Waals surface area contributed by atoms with Gasteiger partial charge >= 0.3 is 0 Å². The van der Waals surface area contributed by atoms with Crippen LogP contribution in [-0.4, -0.2) is 12.1 Å². The summed E-state index contributed by atoms with van der Waals surface area (Å²) in [7, 11) is 1.64. The Balaban J connectivity index is 2.04. The number of hydrogen-bond donors (Lipinski definition) is 1. The molecule has 1 aliphatic heterocycles. The molecule has 4 rings (SSSR count). The highest BCUT2D eigenvalue weighted by molar-refractivity contribution is 5.80. The molecule has 1 aromatic carbocycles. The maximum Gasteiger partial charge on any atom is 0.146 e. The van der Waals surface area contributed by atoms with E-state index in [0.29, 0.717) is 0 Å². The maximum absolute atomic E-state index is 12.2. The minimum Gasteiger partial charge on any atom is -0.629 e. The first-order valence-electron chi connectivity index (χ1n) is 6.19. The number of quaternary nitrogens is 1. The van der Waals surface area contributed by atoms with Gasteiger partial charge in [-0.2, -0.15) is 0 Å². The van der Waals surface area contributed by atoms with Gasteiger partial charge in [0.15, 0.2) is 0 Å². The Morgan fingerprint density at radius 1 is 1.32 bits per heavy atom. The van der Waals surface area contributed by atoms with Gasteiger partial charge in [0.05, 0.1) is 19.0 Å². The molecule has 94 valence electrons. The average Bonchev–Trinajstić information content (AvgIpc) is 2.79. The monoisotopic (exact) mass is 252 g/mol. The van der Waals surface area contributed by atoms with E-state index in [4.69, 9.17) is 4.74 Å². The molecule has 0 saturated carbocycles. The molecule has 4 heteroatoms. The molecule has 0 saturated heterocycles. The van der Waals surface area contributed by atoms with Crippen molar-refractivity contribution in [2.75, 3.05) is 7.11 Å². The SMILES string of the molecule is COc1ccc2c(c1)C1c3c(ccnc3-2)C=C[NH+]1[O-]. The van der Waals surface area contributed by atoms with Gasteiger partial charge in [-0.1, -0.05) is 0 Å². The molecule has 2 aromatic rings. The molecule has 2 heterocycles. The number of hydroxylamine groups is 2. The van der Waals surface area contributed by atoms with Crippen LogP contribution < -0.4 is 9.80 Å². The average molecular weight is 252 g/mol. The fourth-order valence-electron chi connectivity index (χ4n) is 2.99. The van der Waals surface area contributed by atoms with Crippen molar-refractivity contribution in [2.24, 2.45) is 0 Å². The van der Waals surface area contributed by atoms with Crippen LogP contribution in [0.1, 0.15) is 22.7 Å². The molecule has 0 fully saturated rings. The zero-order chi connectivity index (χ0) is 13.0. The summed E-state index contributed by atoms with van der Waals surface area (Å²) in [6.07, 6.45) is 5.33. The van der Waals surface area contributed by atoms with Gasteiger partial charge in [0.25, 0.3) is 0 Å². The number of nitrogens with zero attached hydrogens (tertiary/aromatic N) is 1. The number of fused-ring (bicyclic) bond motifs is 3. The second-order valence-corrected chi connectivity index (χ2v) is 4.78. The molecule has 0 amide bonds. The first-order chi connectivity index (χ1) is 9.29. The molecule has 0 bridgehead atoms. The van der Waals surface area contributed by atoms with Gasteiger partial charge in [0, 0.05) is 22.9 Å². The third-order valence-electron chi connectivity index (χ3n) is 3.85. The summed E-state index contributed by atoms with van der Waals surface area (Å²) in [6, 6.07) is 7.59. The van der Waals surface area contributed by atoms with E-state index in [1.54, 1.807) is 19.5 Å². The Bertz CT molecular complexity index is 709. The van der Waals surface area contributed by atoms with Crippen LogP contribution >= 0.6 is 0 Å². The molecule has 1 N–H and O–H groups in total.